The molecular weight excluding hydrogens is 757 g/mol. The molecule has 0 saturated carbocycles. The van der Waals surface area contributed by atoms with Crippen molar-refractivity contribution in [3.05, 3.63) is 224 Å². The van der Waals surface area contributed by atoms with E-state index >= 15 is 0 Å². The van der Waals surface area contributed by atoms with E-state index in [0.29, 0.717) is 0 Å². The predicted octanol–water partition coefficient (Wildman–Crippen LogP) is 8.01. The van der Waals surface area contributed by atoms with Crippen molar-refractivity contribution in [2.45, 2.75) is 0 Å². The fourth-order valence-corrected chi connectivity index (χ4v) is 11.9. The molecule has 0 aliphatic carbocycles. The van der Waals surface area contributed by atoms with Gasteiger partial charge in [0.05, 0.1) is 5.69 Å². The second-order valence-electron chi connectivity index (χ2n) is 17.5. The van der Waals surface area contributed by atoms with E-state index in [1.165, 1.54) is 110 Å². The number of hydrogen-bond donors (Lipinski definition) is 0. The van der Waals surface area contributed by atoms with Crippen LogP contribution in [-0.4, -0.2) is 20.1 Å². The first-order valence-corrected chi connectivity index (χ1v) is 22.2. The van der Waals surface area contributed by atoms with Crippen molar-refractivity contribution >= 4 is 136 Å². The molecule has 0 aromatic heterocycles. The van der Waals surface area contributed by atoms with Crippen LogP contribution in [0.2, 0.25) is 0 Å². The van der Waals surface area contributed by atoms with Gasteiger partial charge in [-0.2, -0.15) is 0 Å². The van der Waals surface area contributed by atoms with Crippen LogP contribution in [0.3, 0.4) is 0 Å². The molecule has 3 aliphatic heterocycles. The Kier molecular flexibility index (Phi) is 7.41. The molecule has 11 aromatic carbocycles. The molecule has 3 heterocycles. The molecule has 11 aromatic rings. The Balaban J connectivity index is 1.19. The van der Waals surface area contributed by atoms with Gasteiger partial charge in [0.25, 0.3) is 0 Å². The Morgan fingerprint density at radius 3 is 1.48 bits per heavy atom. The number of rotatable bonds is 4. The minimum absolute atomic E-state index is 0.0242. The highest BCUT2D eigenvalue weighted by Crippen LogP contribution is 2.46. The summed E-state index contributed by atoms with van der Waals surface area (Å²) >= 11 is 0. The number of fused-ring (bicyclic) bond motifs is 7. The van der Waals surface area contributed by atoms with E-state index in [9.17, 15) is 0 Å². The van der Waals surface area contributed by atoms with Crippen molar-refractivity contribution in [2.75, 3.05) is 9.80 Å². The molecule has 63 heavy (non-hydrogen) atoms. The van der Waals surface area contributed by atoms with Crippen LogP contribution in [0.25, 0.3) is 32.3 Å². The number of hydrogen-bond acceptors (Lipinski definition) is 2. The molecule has 0 unspecified atom stereocenters. The van der Waals surface area contributed by atoms with Crippen molar-refractivity contribution in [3.8, 4) is 0 Å². The maximum Gasteiger partial charge on any atom is 0.249 e. The van der Waals surface area contributed by atoms with Gasteiger partial charge in [-0.25, -0.2) is 0 Å². The summed E-state index contributed by atoms with van der Waals surface area (Å²) in [5, 5.41) is 7.73. The zero-order chi connectivity index (χ0) is 41.2. The van der Waals surface area contributed by atoms with Crippen LogP contribution >= 0.6 is 0 Å². The first-order valence-electron chi connectivity index (χ1n) is 22.2. The van der Waals surface area contributed by atoms with E-state index in [1.54, 1.807) is 0 Å². The number of benzene rings is 11. The fraction of sp³-hybridized carbons (Fsp3) is 0. The van der Waals surface area contributed by atoms with Gasteiger partial charge in [0.15, 0.2) is 0 Å². The van der Waals surface area contributed by atoms with E-state index in [4.69, 9.17) is 0 Å². The summed E-state index contributed by atoms with van der Waals surface area (Å²) in [7, 11) is 0. The maximum atomic E-state index is 2.63. The van der Waals surface area contributed by atoms with E-state index < -0.39 is 0 Å². The van der Waals surface area contributed by atoms with Gasteiger partial charge in [0, 0.05) is 33.8 Å². The van der Waals surface area contributed by atoms with E-state index in [2.05, 4.69) is 234 Å². The second kappa shape index (κ2) is 13.4. The van der Waals surface area contributed by atoms with E-state index in [0.717, 1.165) is 5.69 Å². The Morgan fingerprint density at radius 2 is 0.794 bits per heavy atom. The summed E-state index contributed by atoms with van der Waals surface area (Å²) in [6, 6.07) is 84.6. The highest BCUT2D eigenvalue weighted by Gasteiger charge is 2.49. The second-order valence-corrected chi connectivity index (χ2v) is 17.5. The third-order valence-electron chi connectivity index (χ3n) is 14.4. The van der Waals surface area contributed by atoms with Crippen molar-refractivity contribution in [3.63, 3.8) is 0 Å². The van der Waals surface area contributed by atoms with E-state index in [-0.39, 0.29) is 20.1 Å². The Bertz CT molecular complexity index is 3580. The summed E-state index contributed by atoms with van der Waals surface area (Å²) in [5.41, 5.74) is 19.4. The number of anilines is 6. The van der Waals surface area contributed by atoms with Gasteiger partial charge < -0.3 is 9.80 Å². The molecule has 5 heteroatoms. The summed E-state index contributed by atoms with van der Waals surface area (Å²) < 4.78 is 0. The van der Waals surface area contributed by atoms with Gasteiger partial charge >= 0.3 is 0 Å². The summed E-state index contributed by atoms with van der Waals surface area (Å²) in [6.07, 6.45) is 0. The molecule has 0 N–H and O–H groups in total. The molecule has 0 amide bonds. The SMILES string of the molecule is c1ccc(B2c3ccccc3B3c4ccccc4N(c4ccccc4)c4c3c2cc2c4B(c3ccccc3)c3ccccc3N2c2ccc3ccc4cccc5ccc2c3c45)cc1. The molecule has 3 aliphatic rings. The largest absolute Gasteiger partial charge is 0.312 e. The Morgan fingerprint density at radius 1 is 0.286 bits per heavy atom. The van der Waals surface area contributed by atoms with Crippen molar-refractivity contribution in [2.24, 2.45) is 0 Å². The molecule has 0 bridgehead atoms. The zero-order valence-electron chi connectivity index (χ0n) is 34.5. The lowest BCUT2D eigenvalue weighted by molar-refractivity contribution is 1.28. The van der Waals surface area contributed by atoms with Crippen LogP contribution in [0.5, 0.6) is 0 Å². The molecule has 14 rings (SSSR count). The van der Waals surface area contributed by atoms with Crippen LogP contribution in [-0.2, 0) is 0 Å². The van der Waals surface area contributed by atoms with Crippen LogP contribution in [0.1, 0.15) is 0 Å². The van der Waals surface area contributed by atoms with Gasteiger partial charge in [-0.05, 0) is 85.2 Å². The highest BCUT2D eigenvalue weighted by molar-refractivity contribution is 7.13. The number of nitrogens with zero attached hydrogens (tertiary/aromatic N) is 2. The molecule has 0 fully saturated rings. The quantitative estimate of drug-likeness (QED) is 0.132. The standard InChI is InChI=1S/C58H37B3N2/c1-4-19-41(20-5-1)59-45-25-10-11-26-46(45)61-48-28-13-14-29-51(48)62(43-23-8-3-9-24-43)58-56(61)49(59)37-53-57(58)60(42-21-6-2-7-22-42)47-27-12-15-30-52(47)63(53)50-36-34-40-32-31-38-17-16-18-39-33-35-44(50)55(40)54(38)39/h1-37H. The number of para-hydroxylation sites is 3. The monoisotopic (exact) mass is 794 g/mol. The van der Waals surface area contributed by atoms with Crippen LogP contribution in [0, 0.1) is 0 Å². The highest BCUT2D eigenvalue weighted by atomic mass is 15.2. The maximum absolute atomic E-state index is 2.63. The molecular formula is C58H37B3N2. The first-order chi connectivity index (χ1) is 31.3. The summed E-state index contributed by atoms with van der Waals surface area (Å²) in [6.45, 7) is 0.0264. The summed E-state index contributed by atoms with van der Waals surface area (Å²) in [4.78, 5) is 5.25. The van der Waals surface area contributed by atoms with Crippen LogP contribution < -0.4 is 59.0 Å². The molecule has 288 valence electrons. The molecule has 0 spiro atoms. The van der Waals surface area contributed by atoms with Crippen molar-refractivity contribution < 1.29 is 0 Å². The van der Waals surface area contributed by atoms with Gasteiger partial charge in [-0.1, -0.05) is 215 Å². The van der Waals surface area contributed by atoms with Gasteiger partial charge in [-0.15, -0.1) is 0 Å². The zero-order valence-corrected chi connectivity index (χ0v) is 34.5. The lowest BCUT2D eigenvalue weighted by Crippen LogP contribution is -2.78. The van der Waals surface area contributed by atoms with Crippen LogP contribution in [0.4, 0.5) is 34.1 Å². The molecule has 0 saturated heterocycles. The normalized spacial score (nSPS) is 13.6. The minimum Gasteiger partial charge on any atom is -0.312 e. The average molecular weight is 794 g/mol. The third-order valence-corrected chi connectivity index (χ3v) is 14.4. The van der Waals surface area contributed by atoms with Gasteiger partial charge in [0.1, 0.15) is 0 Å². The summed E-state index contributed by atoms with van der Waals surface area (Å²) in [5.74, 6) is 0. The lowest BCUT2D eigenvalue weighted by atomic mass is 9.19. The third kappa shape index (κ3) is 4.88. The Labute approximate surface area is 368 Å². The van der Waals surface area contributed by atoms with Crippen LogP contribution in [0.15, 0.2) is 224 Å². The molecule has 0 atom stereocenters. The molecule has 0 radical (unpaired) electrons. The van der Waals surface area contributed by atoms with Gasteiger partial charge in [-0.3, -0.25) is 0 Å². The average Bonchev–Trinajstić information content (AvgIpc) is 3.35. The Hall–Kier alpha value is -7.75. The van der Waals surface area contributed by atoms with Crippen molar-refractivity contribution in [1.29, 1.82) is 0 Å². The predicted molar refractivity (Wildman–Crippen MR) is 273 cm³/mol. The topological polar surface area (TPSA) is 6.48 Å². The van der Waals surface area contributed by atoms with E-state index in [1.807, 2.05) is 0 Å². The van der Waals surface area contributed by atoms with Crippen molar-refractivity contribution in [1.82, 2.24) is 0 Å². The molecule has 2 nitrogen and oxygen atoms in total. The van der Waals surface area contributed by atoms with Gasteiger partial charge in [0.2, 0.25) is 20.1 Å². The first kappa shape index (κ1) is 34.9. The lowest BCUT2D eigenvalue weighted by Gasteiger charge is -2.47. The smallest absolute Gasteiger partial charge is 0.249 e. The fourth-order valence-electron chi connectivity index (χ4n) is 11.9. The minimum atomic E-state index is -0.0433.